The summed E-state index contributed by atoms with van der Waals surface area (Å²) in [6.07, 6.45) is 0. The van der Waals surface area contributed by atoms with Crippen LogP contribution in [0.5, 0.6) is 0 Å². The van der Waals surface area contributed by atoms with Crippen molar-refractivity contribution in [1.29, 1.82) is 0 Å². The summed E-state index contributed by atoms with van der Waals surface area (Å²) in [4.78, 5) is 12.2. The zero-order valence-corrected chi connectivity index (χ0v) is 14.1. The molecular weight excluding hydrogens is 296 g/mol. The van der Waals surface area contributed by atoms with Gasteiger partial charge in [0.15, 0.2) is 0 Å². The topological polar surface area (TPSA) is 41.1 Å². The maximum absolute atomic E-state index is 12.2. The molecule has 0 unspecified atom stereocenters. The van der Waals surface area contributed by atoms with Crippen molar-refractivity contribution < 1.29 is 4.79 Å². The van der Waals surface area contributed by atoms with Crippen molar-refractivity contribution in [2.24, 2.45) is 0 Å². The molecule has 4 heteroatoms. The van der Waals surface area contributed by atoms with E-state index in [0.29, 0.717) is 5.02 Å². The van der Waals surface area contributed by atoms with Crippen LogP contribution >= 0.6 is 11.6 Å². The molecule has 2 N–H and O–H groups in total. The van der Waals surface area contributed by atoms with Crippen molar-refractivity contribution in [3.63, 3.8) is 0 Å². The number of amides is 1. The Hall–Kier alpha value is -2.00. The number of anilines is 2. The minimum Gasteiger partial charge on any atom is -0.376 e. The van der Waals surface area contributed by atoms with Crippen molar-refractivity contribution in [1.82, 2.24) is 0 Å². The van der Waals surface area contributed by atoms with Crippen LogP contribution in [0.4, 0.5) is 11.4 Å². The fourth-order valence-corrected chi connectivity index (χ4v) is 2.69. The van der Waals surface area contributed by atoms with Crippen LogP contribution in [-0.2, 0) is 4.79 Å². The minimum absolute atomic E-state index is 0.0746. The van der Waals surface area contributed by atoms with Gasteiger partial charge in [0.05, 0.1) is 6.54 Å². The van der Waals surface area contributed by atoms with Crippen LogP contribution in [0.1, 0.15) is 22.3 Å². The van der Waals surface area contributed by atoms with Crippen molar-refractivity contribution in [3.8, 4) is 0 Å². The van der Waals surface area contributed by atoms with Crippen LogP contribution < -0.4 is 10.6 Å². The Labute approximate surface area is 136 Å². The molecule has 0 aliphatic carbocycles. The highest BCUT2D eigenvalue weighted by Gasteiger charge is 2.09. The quantitative estimate of drug-likeness (QED) is 0.863. The fraction of sp³-hybridized carbons (Fsp3) is 0.278. The van der Waals surface area contributed by atoms with Gasteiger partial charge in [-0.25, -0.2) is 0 Å². The highest BCUT2D eigenvalue weighted by Crippen LogP contribution is 2.22. The average Bonchev–Trinajstić information content (AvgIpc) is 2.44. The van der Waals surface area contributed by atoms with Crippen LogP contribution in [0.3, 0.4) is 0 Å². The van der Waals surface area contributed by atoms with E-state index in [1.807, 2.05) is 39.0 Å². The van der Waals surface area contributed by atoms with E-state index in [1.165, 1.54) is 5.56 Å². The third-order valence-corrected chi connectivity index (χ3v) is 3.82. The lowest BCUT2D eigenvalue weighted by Gasteiger charge is -2.14. The SMILES string of the molecule is Cc1cc(C)c(NC(=O)CNc2cc(Cl)ccc2C)c(C)c1. The first-order valence-corrected chi connectivity index (χ1v) is 7.62. The third-order valence-electron chi connectivity index (χ3n) is 3.58. The Bertz CT molecular complexity index is 687. The smallest absolute Gasteiger partial charge is 0.243 e. The van der Waals surface area contributed by atoms with Gasteiger partial charge in [0, 0.05) is 16.4 Å². The Balaban J connectivity index is 2.03. The third kappa shape index (κ3) is 4.01. The van der Waals surface area contributed by atoms with Gasteiger partial charge in [-0.1, -0.05) is 35.4 Å². The molecule has 2 aromatic rings. The summed E-state index contributed by atoms with van der Waals surface area (Å²) < 4.78 is 0. The highest BCUT2D eigenvalue weighted by atomic mass is 35.5. The monoisotopic (exact) mass is 316 g/mol. The van der Waals surface area contributed by atoms with Gasteiger partial charge in [-0.05, 0) is 56.5 Å². The molecule has 0 radical (unpaired) electrons. The van der Waals surface area contributed by atoms with Crippen molar-refractivity contribution >= 4 is 28.9 Å². The van der Waals surface area contributed by atoms with Crippen molar-refractivity contribution in [3.05, 3.63) is 57.6 Å². The predicted octanol–water partition coefficient (Wildman–Crippen LogP) is 4.62. The number of hydrogen-bond donors (Lipinski definition) is 2. The van der Waals surface area contributed by atoms with E-state index in [2.05, 4.69) is 29.7 Å². The van der Waals surface area contributed by atoms with E-state index in [0.717, 1.165) is 28.1 Å². The summed E-state index contributed by atoms with van der Waals surface area (Å²) in [5.41, 5.74) is 6.16. The lowest BCUT2D eigenvalue weighted by Crippen LogP contribution is -2.23. The summed E-state index contributed by atoms with van der Waals surface area (Å²) in [5, 5.41) is 6.75. The molecule has 0 saturated heterocycles. The summed E-state index contributed by atoms with van der Waals surface area (Å²) in [7, 11) is 0. The number of halogens is 1. The van der Waals surface area contributed by atoms with E-state index in [4.69, 9.17) is 11.6 Å². The second kappa shape index (κ2) is 6.84. The van der Waals surface area contributed by atoms with Crippen molar-refractivity contribution in [2.45, 2.75) is 27.7 Å². The second-order valence-electron chi connectivity index (χ2n) is 5.63. The maximum Gasteiger partial charge on any atom is 0.243 e. The molecule has 0 aliphatic heterocycles. The van der Waals surface area contributed by atoms with E-state index in [1.54, 1.807) is 0 Å². The van der Waals surface area contributed by atoms with Gasteiger partial charge in [0.25, 0.3) is 0 Å². The highest BCUT2D eigenvalue weighted by molar-refractivity contribution is 6.30. The zero-order chi connectivity index (χ0) is 16.3. The molecule has 0 bridgehead atoms. The summed E-state index contributed by atoms with van der Waals surface area (Å²) in [5.74, 6) is -0.0746. The fourth-order valence-electron chi connectivity index (χ4n) is 2.52. The maximum atomic E-state index is 12.2. The Kier molecular flexibility index (Phi) is 5.09. The van der Waals surface area contributed by atoms with E-state index >= 15 is 0 Å². The van der Waals surface area contributed by atoms with Crippen LogP contribution in [0, 0.1) is 27.7 Å². The molecule has 2 aromatic carbocycles. The standard InChI is InChI=1S/C18H21ClN2O/c1-11-7-13(3)18(14(4)8-11)21-17(22)10-20-16-9-15(19)6-5-12(16)2/h5-9,20H,10H2,1-4H3,(H,21,22). The molecule has 0 aliphatic rings. The molecule has 0 saturated carbocycles. The van der Waals surface area contributed by atoms with Gasteiger partial charge in [0.1, 0.15) is 0 Å². The van der Waals surface area contributed by atoms with E-state index in [-0.39, 0.29) is 12.5 Å². The Morgan fingerprint density at radius 1 is 1.00 bits per heavy atom. The first-order valence-electron chi connectivity index (χ1n) is 7.24. The number of benzene rings is 2. The number of rotatable bonds is 4. The number of carbonyl (C=O) groups is 1. The average molecular weight is 317 g/mol. The zero-order valence-electron chi connectivity index (χ0n) is 13.4. The molecule has 0 aromatic heterocycles. The molecule has 0 atom stereocenters. The van der Waals surface area contributed by atoms with Gasteiger partial charge in [0.2, 0.25) is 5.91 Å². The predicted molar refractivity (Wildman–Crippen MR) is 94.0 cm³/mol. The molecule has 1 amide bonds. The summed E-state index contributed by atoms with van der Waals surface area (Å²) in [6.45, 7) is 8.24. The number of carbonyl (C=O) groups excluding carboxylic acids is 1. The molecule has 0 fully saturated rings. The van der Waals surface area contributed by atoms with E-state index in [9.17, 15) is 4.79 Å². The van der Waals surface area contributed by atoms with Gasteiger partial charge in [-0.15, -0.1) is 0 Å². The number of hydrogen-bond acceptors (Lipinski definition) is 2. The molecule has 22 heavy (non-hydrogen) atoms. The van der Waals surface area contributed by atoms with Gasteiger partial charge in [-0.2, -0.15) is 0 Å². The molecule has 116 valence electrons. The molecular formula is C18H21ClN2O. The van der Waals surface area contributed by atoms with Gasteiger partial charge in [-0.3, -0.25) is 4.79 Å². The molecule has 2 rings (SSSR count). The summed E-state index contributed by atoms with van der Waals surface area (Å²) >= 11 is 5.98. The normalized spacial score (nSPS) is 10.4. The Morgan fingerprint density at radius 3 is 2.27 bits per heavy atom. The van der Waals surface area contributed by atoms with Crippen LogP contribution in [0.15, 0.2) is 30.3 Å². The van der Waals surface area contributed by atoms with Crippen LogP contribution in [0.2, 0.25) is 5.02 Å². The number of nitrogens with one attached hydrogen (secondary N) is 2. The van der Waals surface area contributed by atoms with E-state index < -0.39 is 0 Å². The number of aryl methyl sites for hydroxylation is 4. The minimum atomic E-state index is -0.0746. The molecule has 0 spiro atoms. The first-order chi connectivity index (χ1) is 10.4. The first kappa shape index (κ1) is 16.4. The Morgan fingerprint density at radius 2 is 1.64 bits per heavy atom. The van der Waals surface area contributed by atoms with Gasteiger partial charge >= 0.3 is 0 Å². The van der Waals surface area contributed by atoms with Crippen LogP contribution in [0.25, 0.3) is 0 Å². The van der Waals surface area contributed by atoms with Gasteiger partial charge < -0.3 is 10.6 Å². The lowest BCUT2D eigenvalue weighted by molar-refractivity contribution is -0.114. The lowest BCUT2D eigenvalue weighted by atomic mass is 10.1. The summed E-state index contributed by atoms with van der Waals surface area (Å²) in [6, 6.07) is 9.72. The largest absolute Gasteiger partial charge is 0.376 e. The second-order valence-corrected chi connectivity index (χ2v) is 6.07. The molecule has 0 heterocycles. The van der Waals surface area contributed by atoms with Crippen molar-refractivity contribution in [2.75, 3.05) is 17.2 Å². The van der Waals surface area contributed by atoms with Crippen LogP contribution in [-0.4, -0.2) is 12.5 Å². The molecule has 3 nitrogen and oxygen atoms in total.